The number of hydrogen-bond acceptors (Lipinski definition) is 4. The molecular formula is C17H15ClN2O2. The van der Waals surface area contributed by atoms with Crippen LogP contribution in [0.25, 0.3) is 5.57 Å². The van der Waals surface area contributed by atoms with Crippen LogP contribution in [0.3, 0.4) is 0 Å². The number of Topliss-reactive ketones (excluding diaryl/α,β-unsaturated/α-hetero) is 1. The van der Waals surface area contributed by atoms with E-state index in [9.17, 15) is 4.79 Å². The maximum atomic E-state index is 12.8. The molecule has 1 unspecified atom stereocenters. The van der Waals surface area contributed by atoms with Gasteiger partial charge in [0.05, 0.1) is 5.69 Å². The molecule has 0 radical (unpaired) electrons. The number of aryl methyl sites for hydroxylation is 1. The fraction of sp³-hybridized carbons (Fsp3) is 0.176. The van der Waals surface area contributed by atoms with Crippen LogP contribution in [0.2, 0.25) is 5.02 Å². The lowest BCUT2D eigenvalue weighted by atomic mass is 9.99. The molecule has 0 aliphatic carbocycles. The lowest BCUT2D eigenvalue weighted by molar-refractivity contribution is -0.120. The van der Waals surface area contributed by atoms with Crippen LogP contribution in [0.1, 0.15) is 22.9 Å². The molecular weight excluding hydrogens is 300 g/mol. The summed E-state index contributed by atoms with van der Waals surface area (Å²) in [5.41, 5.74) is 2.90. The Labute approximate surface area is 133 Å². The molecule has 0 saturated carbocycles. The van der Waals surface area contributed by atoms with E-state index in [0.29, 0.717) is 22.2 Å². The molecule has 2 aromatic rings. The molecule has 1 aliphatic heterocycles. The van der Waals surface area contributed by atoms with Gasteiger partial charge in [-0.05, 0) is 36.8 Å². The number of hydrogen-bond donors (Lipinski definition) is 1. The fourth-order valence-electron chi connectivity index (χ4n) is 2.43. The second-order valence-corrected chi connectivity index (χ2v) is 5.52. The molecule has 2 heterocycles. The molecule has 1 N–H and O–H groups in total. The number of halogens is 1. The van der Waals surface area contributed by atoms with Gasteiger partial charge in [0.25, 0.3) is 0 Å². The minimum atomic E-state index is -0.669. The van der Waals surface area contributed by atoms with Crippen LogP contribution in [-0.2, 0) is 9.53 Å². The Bertz CT molecular complexity index is 754. The van der Waals surface area contributed by atoms with Gasteiger partial charge < -0.3 is 10.1 Å². The molecule has 0 amide bonds. The Balaban J connectivity index is 1.99. The number of ketones is 1. The summed E-state index contributed by atoms with van der Waals surface area (Å²) >= 11 is 5.89. The molecule has 0 bridgehead atoms. The Hall–Kier alpha value is -2.33. The normalized spacial score (nSPS) is 17.6. The van der Waals surface area contributed by atoms with Gasteiger partial charge in [0, 0.05) is 23.8 Å². The van der Waals surface area contributed by atoms with Gasteiger partial charge in [-0.25, -0.2) is 0 Å². The molecule has 3 rings (SSSR count). The Morgan fingerprint density at radius 2 is 1.95 bits per heavy atom. The molecule has 22 heavy (non-hydrogen) atoms. The summed E-state index contributed by atoms with van der Waals surface area (Å²) in [7, 11) is 1.72. The van der Waals surface area contributed by atoms with Crippen molar-refractivity contribution in [2.75, 3.05) is 7.05 Å². The van der Waals surface area contributed by atoms with Gasteiger partial charge in [-0.15, -0.1) is 0 Å². The highest BCUT2D eigenvalue weighted by atomic mass is 35.5. The van der Waals surface area contributed by atoms with Crippen molar-refractivity contribution >= 4 is 23.0 Å². The highest BCUT2D eigenvalue weighted by Gasteiger charge is 2.37. The van der Waals surface area contributed by atoms with Crippen LogP contribution >= 0.6 is 11.6 Å². The van der Waals surface area contributed by atoms with E-state index in [-0.39, 0.29) is 5.78 Å². The minimum absolute atomic E-state index is 0.107. The third-order valence-corrected chi connectivity index (χ3v) is 3.77. The van der Waals surface area contributed by atoms with Gasteiger partial charge in [-0.2, -0.15) is 0 Å². The van der Waals surface area contributed by atoms with Crippen molar-refractivity contribution in [2.45, 2.75) is 13.0 Å². The molecule has 0 spiro atoms. The van der Waals surface area contributed by atoms with Crippen molar-refractivity contribution in [1.29, 1.82) is 0 Å². The number of rotatable bonds is 3. The topological polar surface area (TPSA) is 51.2 Å². The molecule has 5 heteroatoms. The number of aromatic nitrogens is 1. The van der Waals surface area contributed by atoms with Crippen molar-refractivity contribution in [3.05, 3.63) is 70.3 Å². The molecule has 1 aromatic carbocycles. The summed E-state index contributed by atoms with van der Waals surface area (Å²) in [5, 5.41) is 3.57. The molecule has 0 fully saturated rings. The maximum absolute atomic E-state index is 12.8. The van der Waals surface area contributed by atoms with Crippen molar-refractivity contribution in [3.8, 4) is 0 Å². The molecule has 112 valence electrons. The maximum Gasteiger partial charge on any atom is 0.215 e. The SMILES string of the molecule is CNC1=C(c2cc(C)ccn2)C(=O)C(c2ccc(Cl)cc2)O1. The number of carbonyl (C=O) groups excluding carboxylic acids is 1. The second kappa shape index (κ2) is 5.81. The van der Waals surface area contributed by atoms with Crippen LogP contribution in [0.4, 0.5) is 0 Å². The number of benzene rings is 1. The minimum Gasteiger partial charge on any atom is -0.462 e. The van der Waals surface area contributed by atoms with Crippen molar-refractivity contribution in [2.24, 2.45) is 0 Å². The summed E-state index contributed by atoms with van der Waals surface area (Å²) in [6.45, 7) is 1.96. The van der Waals surface area contributed by atoms with E-state index < -0.39 is 6.10 Å². The van der Waals surface area contributed by atoms with Crippen molar-refractivity contribution in [3.63, 3.8) is 0 Å². The Kier molecular flexibility index (Phi) is 3.86. The number of ether oxygens (including phenoxy) is 1. The first-order valence-corrected chi connectivity index (χ1v) is 7.29. The smallest absolute Gasteiger partial charge is 0.215 e. The van der Waals surface area contributed by atoms with E-state index in [0.717, 1.165) is 11.1 Å². The number of nitrogens with one attached hydrogen (secondary N) is 1. The second-order valence-electron chi connectivity index (χ2n) is 5.09. The Morgan fingerprint density at radius 3 is 2.59 bits per heavy atom. The van der Waals surface area contributed by atoms with Crippen molar-refractivity contribution < 1.29 is 9.53 Å². The monoisotopic (exact) mass is 314 g/mol. The average Bonchev–Trinajstić information content (AvgIpc) is 2.85. The van der Waals surface area contributed by atoms with Crippen LogP contribution in [-0.4, -0.2) is 17.8 Å². The zero-order chi connectivity index (χ0) is 15.7. The van der Waals surface area contributed by atoms with Gasteiger partial charge in [0.15, 0.2) is 6.10 Å². The lowest BCUT2D eigenvalue weighted by Gasteiger charge is -2.11. The third-order valence-electron chi connectivity index (χ3n) is 3.52. The Morgan fingerprint density at radius 1 is 1.23 bits per heavy atom. The first-order chi connectivity index (χ1) is 10.6. The quantitative estimate of drug-likeness (QED) is 0.944. The van der Waals surface area contributed by atoms with E-state index in [2.05, 4.69) is 10.3 Å². The first-order valence-electron chi connectivity index (χ1n) is 6.91. The van der Waals surface area contributed by atoms with Gasteiger partial charge in [0.2, 0.25) is 11.7 Å². The van der Waals surface area contributed by atoms with Gasteiger partial charge in [-0.3, -0.25) is 9.78 Å². The predicted molar refractivity (Wildman–Crippen MR) is 85.2 cm³/mol. The van der Waals surface area contributed by atoms with Gasteiger partial charge in [0.1, 0.15) is 5.57 Å². The summed E-state index contributed by atoms with van der Waals surface area (Å²) < 4.78 is 5.79. The third kappa shape index (κ3) is 2.57. The van der Waals surface area contributed by atoms with E-state index in [4.69, 9.17) is 16.3 Å². The molecule has 1 aliphatic rings. The lowest BCUT2D eigenvalue weighted by Crippen LogP contribution is -2.10. The number of pyridine rings is 1. The van der Waals surface area contributed by atoms with Crippen LogP contribution in [0.5, 0.6) is 0 Å². The van der Waals surface area contributed by atoms with Crippen molar-refractivity contribution in [1.82, 2.24) is 10.3 Å². The largest absolute Gasteiger partial charge is 0.462 e. The summed E-state index contributed by atoms with van der Waals surface area (Å²) in [6.07, 6.45) is 1.02. The van der Waals surface area contributed by atoms with E-state index in [1.165, 1.54) is 0 Å². The highest BCUT2D eigenvalue weighted by molar-refractivity contribution is 6.30. The molecule has 0 saturated heterocycles. The average molecular weight is 315 g/mol. The highest BCUT2D eigenvalue weighted by Crippen LogP contribution is 2.36. The summed E-state index contributed by atoms with van der Waals surface area (Å²) in [5.74, 6) is 0.341. The number of carbonyl (C=O) groups is 1. The summed E-state index contributed by atoms with van der Waals surface area (Å²) in [6, 6.07) is 10.8. The van der Waals surface area contributed by atoms with Crippen LogP contribution < -0.4 is 5.32 Å². The predicted octanol–water partition coefficient (Wildman–Crippen LogP) is 3.27. The van der Waals surface area contributed by atoms with E-state index >= 15 is 0 Å². The van der Waals surface area contributed by atoms with E-state index in [1.54, 1.807) is 37.5 Å². The van der Waals surface area contributed by atoms with Gasteiger partial charge >= 0.3 is 0 Å². The standard InChI is InChI=1S/C17H15ClN2O2/c1-10-7-8-20-13(9-10)14-15(21)16(22-17(14)19-2)11-3-5-12(18)6-4-11/h3-9,16,19H,1-2H3. The van der Waals surface area contributed by atoms with Crippen LogP contribution in [0, 0.1) is 6.92 Å². The first kappa shape index (κ1) is 14.6. The van der Waals surface area contributed by atoms with Gasteiger partial charge in [-0.1, -0.05) is 23.7 Å². The zero-order valence-corrected chi connectivity index (χ0v) is 13.0. The molecule has 4 nitrogen and oxygen atoms in total. The molecule has 1 aromatic heterocycles. The van der Waals surface area contributed by atoms with E-state index in [1.807, 2.05) is 19.1 Å². The summed E-state index contributed by atoms with van der Waals surface area (Å²) in [4.78, 5) is 17.1. The van der Waals surface area contributed by atoms with Crippen LogP contribution in [0.15, 0.2) is 48.5 Å². The number of nitrogens with zero attached hydrogens (tertiary/aromatic N) is 1. The fourth-order valence-corrected chi connectivity index (χ4v) is 2.56. The molecule has 1 atom stereocenters. The zero-order valence-electron chi connectivity index (χ0n) is 12.3.